The maximum absolute atomic E-state index is 13.1. The Balaban J connectivity index is 1.83. The van der Waals surface area contributed by atoms with Crippen LogP contribution in [0.1, 0.15) is 46.5 Å². The monoisotopic (exact) mass is 436 g/mol. The summed E-state index contributed by atoms with van der Waals surface area (Å²) in [6.45, 7) is 5.24. The van der Waals surface area contributed by atoms with Crippen LogP contribution in [-0.4, -0.2) is 40.5 Å². The Bertz CT molecular complexity index is 1120. The predicted octanol–water partition coefficient (Wildman–Crippen LogP) is 4.06. The lowest BCUT2D eigenvalue weighted by Gasteiger charge is -2.23. The van der Waals surface area contributed by atoms with E-state index in [1.54, 1.807) is 18.2 Å². The number of phenolic OH excluding ortho intramolecular Hbond substituents is 2. The fourth-order valence-electron chi connectivity index (χ4n) is 3.27. The van der Waals surface area contributed by atoms with E-state index in [2.05, 4.69) is 0 Å². The topological polar surface area (TPSA) is 110 Å². The molecule has 0 fully saturated rings. The molecule has 2 N–H and O–H groups in total. The molecule has 0 amide bonds. The first-order chi connectivity index (χ1) is 15.2. The molecule has 2 aromatic carbocycles. The molecule has 0 aromatic heterocycles. The fraction of sp³-hybridized carbons (Fsp3) is 0.240. The van der Waals surface area contributed by atoms with Crippen LogP contribution in [0.3, 0.4) is 0 Å². The van der Waals surface area contributed by atoms with Gasteiger partial charge in [-0.25, -0.2) is 4.79 Å². The highest BCUT2D eigenvalue weighted by molar-refractivity contribution is 6.27. The summed E-state index contributed by atoms with van der Waals surface area (Å²) < 4.78 is 10.9. The fourth-order valence-corrected chi connectivity index (χ4v) is 3.27. The Morgan fingerprint density at radius 3 is 2.25 bits per heavy atom. The maximum Gasteiger partial charge on any atom is 0.344 e. The second-order valence-corrected chi connectivity index (χ2v) is 7.74. The zero-order chi connectivity index (χ0) is 23.4. The first-order valence-corrected chi connectivity index (χ1v) is 10.0. The number of benzene rings is 2. The number of phenols is 2. The third-order valence-corrected chi connectivity index (χ3v) is 4.92. The van der Waals surface area contributed by atoms with Crippen molar-refractivity contribution < 1.29 is 34.1 Å². The minimum absolute atomic E-state index is 0.0791. The van der Waals surface area contributed by atoms with Crippen molar-refractivity contribution >= 4 is 17.5 Å². The number of carbonyl (C=O) groups is 3. The van der Waals surface area contributed by atoms with Gasteiger partial charge >= 0.3 is 5.97 Å². The van der Waals surface area contributed by atoms with Crippen LogP contribution in [0.5, 0.6) is 17.2 Å². The van der Waals surface area contributed by atoms with Gasteiger partial charge in [-0.3, -0.25) is 9.59 Å². The molecule has 7 heteroatoms. The van der Waals surface area contributed by atoms with Gasteiger partial charge in [-0.1, -0.05) is 29.3 Å². The molecular weight excluding hydrogens is 412 g/mol. The van der Waals surface area contributed by atoms with Crippen molar-refractivity contribution in [3.05, 3.63) is 76.4 Å². The summed E-state index contributed by atoms with van der Waals surface area (Å²) in [6.07, 6.45) is 1.90. The summed E-state index contributed by atoms with van der Waals surface area (Å²) in [5.41, 5.74) is 1.32. The molecule has 7 nitrogen and oxygen atoms in total. The van der Waals surface area contributed by atoms with Crippen molar-refractivity contribution in [3.8, 4) is 17.2 Å². The maximum atomic E-state index is 13.1. The molecule has 2 aromatic rings. The highest BCUT2D eigenvalue weighted by Crippen LogP contribution is 2.36. The number of aromatic hydroxyl groups is 2. The van der Waals surface area contributed by atoms with E-state index < -0.39 is 35.1 Å². The Kier molecular flexibility index (Phi) is 6.78. The Hall–Kier alpha value is -3.87. The van der Waals surface area contributed by atoms with E-state index in [0.717, 1.165) is 29.3 Å². The number of rotatable bonds is 7. The van der Waals surface area contributed by atoms with Crippen LogP contribution in [-0.2, 0) is 9.53 Å². The van der Waals surface area contributed by atoms with Gasteiger partial charge < -0.3 is 19.7 Å². The van der Waals surface area contributed by atoms with Gasteiger partial charge in [0.2, 0.25) is 0 Å². The summed E-state index contributed by atoms with van der Waals surface area (Å²) in [4.78, 5) is 38.1. The molecule has 1 aliphatic rings. The molecule has 1 aliphatic carbocycles. The van der Waals surface area contributed by atoms with E-state index >= 15 is 0 Å². The Morgan fingerprint density at radius 2 is 1.62 bits per heavy atom. The summed E-state index contributed by atoms with van der Waals surface area (Å²) in [5.74, 6) is -2.41. The molecule has 0 aliphatic heterocycles. The number of ketones is 2. The molecule has 3 rings (SSSR count). The largest absolute Gasteiger partial charge is 0.507 e. The van der Waals surface area contributed by atoms with E-state index in [1.165, 1.54) is 0 Å². The van der Waals surface area contributed by atoms with Crippen molar-refractivity contribution in [1.82, 2.24) is 0 Å². The highest BCUT2D eigenvalue weighted by atomic mass is 16.6. The van der Waals surface area contributed by atoms with Gasteiger partial charge in [0, 0.05) is 12.0 Å². The highest BCUT2D eigenvalue weighted by Gasteiger charge is 2.35. The van der Waals surface area contributed by atoms with Crippen molar-refractivity contribution in [2.24, 2.45) is 0 Å². The lowest BCUT2D eigenvalue weighted by atomic mass is 9.85. The smallest absolute Gasteiger partial charge is 0.344 e. The SMILES string of the molecule is CC(C)=CC[C@@H](OC(=O)COc1ccc(C)cc1)C1=CC(=O)c2c(O)ccc(O)c2C1=O. The number of aryl methyl sites for hydroxylation is 1. The van der Waals surface area contributed by atoms with E-state index in [1.807, 2.05) is 32.9 Å². The van der Waals surface area contributed by atoms with Gasteiger partial charge in [0.05, 0.1) is 11.1 Å². The third-order valence-electron chi connectivity index (χ3n) is 4.92. The molecular formula is C25H24O7. The number of allylic oxidation sites excluding steroid dienone is 2. The molecule has 1 atom stereocenters. The van der Waals surface area contributed by atoms with Gasteiger partial charge in [-0.15, -0.1) is 0 Å². The van der Waals surface area contributed by atoms with Crippen LogP contribution < -0.4 is 4.74 Å². The molecule has 0 bridgehead atoms. The van der Waals surface area contributed by atoms with Gasteiger partial charge in [0.15, 0.2) is 18.2 Å². The summed E-state index contributed by atoms with van der Waals surface area (Å²) in [5, 5.41) is 20.1. The average molecular weight is 436 g/mol. The van der Waals surface area contributed by atoms with Crippen LogP contribution in [0, 0.1) is 6.92 Å². The zero-order valence-electron chi connectivity index (χ0n) is 18.0. The normalized spacial score (nSPS) is 13.7. The number of ether oxygens (including phenoxy) is 2. The Labute approximate surface area is 185 Å². The van der Waals surface area contributed by atoms with E-state index in [9.17, 15) is 24.6 Å². The van der Waals surface area contributed by atoms with Gasteiger partial charge in [-0.05, 0) is 51.1 Å². The molecule has 32 heavy (non-hydrogen) atoms. The molecule has 0 spiro atoms. The number of hydrogen-bond donors (Lipinski definition) is 2. The molecule has 166 valence electrons. The summed E-state index contributed by atoms with van der Waals surface area (Å²) in [6, 6.07) is 9.40. The second-order valence-electron chi connectivity index (χ2n) is 7.74. The van der Waals surface area contributed by atoms with Crippen LogP contribution >= 0.6 is 0 Å². The first-order valence-electron chi connectivity index (χ1n) is 10.0. The van der Waals surface area contributed by atoms with E-state index in [4.69, 9.17) is 9.47 Å². The lowest BCUT2D eigenvalue weighted by Crippen LogP contribution is -2.30. The standard InChI is InChI=1S/C25H24O7/c1-14(2)4-11-21(32-22(29)13-31-16-7-5-15(3)6-8-16)17-12-20(28)23-18(26)9-10-19(27)24(23)25(17)30/h4-10,12,21,26-27H,11,13H2,1-3H3/t21-/m1/s1. The molecule has 0 unspecified atom stereocenters. The second kappa shape index (κ2) is 9.51. The average Bonchev–Trinajstić information content (AvgIpc) is 2.75. The lowest BCUT2D eigenvalue weighted by molar-refractivity contribution is -0.149. The molecule has 0 radical (unpaired) electrons. The summed E-state index contributed by atoms with van der Waals surface area (Å²) >= 11 is 0. The predicted molar refractivity (Wildman–Crippen MR) is 117 cm³/mol. The number of fused-ring (bicyclic) bond motifs is 1. The van der Waals surface area contributed by atoms with E-state index in [0.29, 0.717) is 5.75 Å². The van der Waals surface area contributed by atoms with Gasteiger partial charge in [-0.2, -0.15) is 0 Å². The van der Waals surface area contributed by atoms with Crippen molar-refractivity contribution in [3.63, 3.8) is 0 Å². The molecule has 0 saturated carbocycles. The van der Waals surface area contributed by atoms with Crippen LogP contribution in [0.4, 0.5) is 0 Å². The minimum Gasteiger partial charge on any atom is -0.507 e. The van der Waals surface area contributed by atoms with Crippen molar-refractivity contribution in [1.29, 1.82) is 0 Å². The molecule has 0 heterocycles. The number of esters is 1. The number of Topliss-reactive ketones (excluding diaryl/α,β-unsaturated/α-hetero) is 1. The Morgan fingerprint density at radius 1 is 1.00 bits per heavy atom. The van der Waals surface area contributed by atoms with E-state index in [-0.39, 0.29) is 29.7 Å². The number of hydrogen-bond acceptors (Lipinski definition) is 7. The summed E-state index contributed by atoms with van der Waals surface area (Å²) in [7, 11) is 0. The molecule has 0 saturated heterocycles. The van der Waals surface area contributed by atoms with Crippen LogP contribution in [0.25, 0.3) is 0 Å². The first kappa shape index (κ1) is 22.8. The van der Waals surface area contributed by atoms with Gasteiger partial charge in [0.1, 0.15) is 23.4 Å². The zero-order valence-corrected chi connectivity index (χ0v) is 18.0. The number of carbonyl (C=O) groups excluding carboxylic acids is 3. The quantitative estimate of drug-likeness (QED) is 0.383. The van der Waals surface area contributed by atoms with Crippen molar-refractivity contribution in [2.45, 2.75) is 33.3 Å². The van der Waals surface area contributed by atoms with Crippen molar-refractivity contribution in [2.75, 3.05) is 6.61 Å². The van der Waals surface area contributed by atoms with Crippen LogP contribution in [0.15, 0.2) is 59.7 Å². The minimum atomic E-state index is -1.06. The third kappa shape index (κ3) is 5.06. The van der Waals surface area contributed by atoms with Gasteiger partial charge in [0.25, 0.3) is 0 Å². The van der Waals surface area contributed by atoms with Crippen LogP contribution in [0.2, 0.25) is 0 Å².